The van der Waals surface area contributed by atoms with Crippen LogP contribution in [0.25, 0.3) is 18.2 Å². The normalized spacial score (nSPS) is 20.5. The fourth-order valence-corrected chi connectivity index (χ4v) is 4.98. The second kappa shape index (κ2) is 15.6. The Morgan fingerprint density at radius 3 is 1.26 bits per heavy atom. The highest BCUT2D eigenvalue weighted by Crippen LogP contribution is 2.36. The van der Waals surface area contributed by atoms with Gasteiger partial charge in [-0.05, 0) is 71.3 Å². The Kier molecular flexibility index (Phi) is 11.4. The number of ether oxygens (including phenoxy) is 3. The smallest absolute Gasteiger partial charge is 0.331 e. The maximum absolute atomic E-state index is 13.0. The van der Waals surface area contributed by atoms with E-state index in [4.69, 9.17) is 14.2 Å². The Labute approximate surface area is 284 Å². The maximum atomic E-state index is 13.0. The minimum absolute atomic E-state index is 0.289. The van der Waals surface area contributed by atoms with Crippen molar-refractivity contribution in [1.29, 1.82) is 0 Å². The molecule has 50 heavy (non-hydrogen) atoms. The second-order valence-corrected chi connectivity index (χ2v) is 11.1. The van der Waals surface area contributed by atoms with E-state index in [1.165, 1.54) is 67.7 Å². The van der Waals surface area contributed by atoms with Gasteiger partial charge in [0.2, 0.25) is 0 Å². The number of carbonyl (C=O) groups excluding carboxylic acids is 4. The van der Waals surface area contributed by atoms with Gasteiger partial charge in [0.1, 0.15) is 17.8 Å². The fourth-order valence-electron chi connectivity index (χ4n) is 4.98. The van der Waals surface area contributed by atoms with E-state index in [-0.39, 0.29) is 16.7 Å². The highest BCUT2D eigenvalue weighted by atomic mass is 16.6. The van der Waals surface area contributed by atoms with Crippen LogP contribution in [-0.4, -0.2) is 90.5 Å². The van der Waals surface area contributed by atoms with Crippen LogP contribution in [0, 0.1) is 0 Å². The van der Waals surface area contributed by atoms with Gasteiger partial charge in [-0.15, -0.1) is 0 Å². The largest absolute Gasteiger partial charge is 0.504 e. The summed E-state index contributed by atoms with van der Waals surface area (Å²) in [5.74, 6) is -6.57. The number of aromatic hydroxyl groups is 6. The average molecular weight is 692 g/mol. The number of hydrogen-bond acceptors (Lipinski definition) is 14. The molecule has 0 aromatic heterocycles. The number of benzene rings is 3. The number of rotatable bonds is 10. The Balaban J connectivity index is 1.64. The molecule has 1 aliphatic rings. The van der Waals surface area contributed by atoms with Gasteiger partial charge in [0.05, 0.1) is 0 Å². The van der Waals surface area contributed by atoms with E-state index in [0.29, 0.717) is 0 Å². The molecule has 1 aliphatic carbocycles. The van der Waals surface area contributed by atoms with Gasteiger partial charge >= 0.3 is 17.9 Å². The molecule has 2 atom stereocenters. The molecule has 15 heteroatoms. The predicted molar refractivity (Wildman–Crippen MR) is 174 cm³/mol. The number of aliphatic hydroxyl groups is 1. The summed E-state index contributed by atoms with van der Waals surface area (Å²) in [7, 11) is 1.24. The number of esters is 3. The molecule has 15 nitrogen and oxygen atoms in total. The van der Waals surface area contributed by atoms with Gasteiger partial charge in [-0.3, -0.25) is 4.79 Å². The quantitative estimate of drug-likeness (QED) is 0.0658. The molecule has 1 fully saturated rings. The lowest BCUT2D eigenvalue weighted by atomic mass is 9.78. The number of amides is 1. The molecule has 1 amide bonds. The minimum atomic E-state index is -2.29. The fraction of sp³-hybridized carbons (Fsp3) is 0.200. The summed E-state index contributed by atoms with van der Waals surface area (Å²) in [6, 6.07) is 11.2. The van der Waals surface area contributed by atoms with Crippen molar-refractivity contribution in [3.63, 3.8) is 0 Å². The third-order valence-electron chi connectivity index (χ3n) is 7.48. The van der Waals surface area contributed by atoms with Gasteiger partial charge in [0.25, 0.3) is 5.91 Å². The van der Waals surface area contributed by atoms with Gasteiger partial charge in [0.15, 0.2) is 40.6 Å². The van der Waals surface area contributed by atoms with Crippen molar-refractivity contribution >= 4 is 42.0 Å². The summed E-state index contributed by atoms with van der Waals surface area (Å²) >= 11 is 0. The zero-order chi connectivity index (χ0) is 36.6. The van der Waals surface area contributed by atoms with Crippen molar-refractivity contribution in [3.8, 4) is 34.5 Å². The standard InChI is InChI=1S/C35H33NO14/c1-36-34(46)35(47)17-28(48-30(43)11-5-19-2-8-22(37)25(40)14-19)33(50-32(45)13-7-21-4-10-24(39)27(42)16-21)29(18-35)49-31(44)12-6-20-3-9-23(38)26(41)15-20/h2-16,28-29,33,37-42,47H,17-18H2,1H3,(H,36,46)/b11-5+,12-6+,13-7+/t28-,29-,33?,35?/m1/s1. The van der Waals surface area contributed by atoms with E-state index in [1.54, 1.807) is 0 Å². The van der Waals surface area contributed by atoms with Crippen molar-refractivity contribution < 1.29 is 69.1 Å². The molecular weight excluding hydrogens is 658 g/mol. The van der Waals surface area contributed by atoms with E-state index in [9.17, 15) is 54.9 Å². The summed E-state index contributed by atoms with van der Waals surface area (Å²) in [5, 5.41) is 71.5. The van der Waals surface area contributed by atoms with E-state index in [2.05, 4.69) is 5.32 Å². The van der Waals surface area contributed by atoms with Crippen LogP contribution < -0.4 is 5.32 Å². The zero-order valence-electron chi connectivity index (χ0n) is 26.3. The van der Waals surface area contributed by atoms with E-state index in [0.717, 1.165) is 30.4 Å². The molecule has 0 heterocycles. The molecular formula is C35H33NO14. The summed E-state index contributed by atoms with van der Waals surface area (Å²) in [6.45, 7) is 0. The molecule has 0 radical (unpaired) electrons. The molecule has 8 N–H and O–H groups in total. The van der Waals surface area contributed by atoms with Crippen LogP contribution in [0.4, 0.5) is 0 Å². The highest BCUT2D eigenvalue weighted by Gasteiger charge is 2.53. The van der Waals surface area contributed by atoms with Gasteiger partial charge in [-0.2, -0.15) is 0 Å². The first-order valence-corrected chi connectivity index (χ1v) is 14.8. The molecule has 4 rings (SSSR count). The minimum Gasteiger partial charge on any atom is -0.504 e. The van der Waals surface area contributed by atoms with E-state index in [1.807, 2.05) is 0 Å². The number of phenolic OH excluding ortho intramolecular Hbond substituents is 6. The summed E-state index contributed by atoms with van der Waals surface area (Å²) in [6.07, 6.45) is 0.562. The van der Waals surface area contributed by atoms with Gasteiger partial charge in [-0.25, -0.2) is 14.4 Å². The van der Waals surface area contributed by atoms with Crippen LogP contribution in [-0.2, 0) is 33.4 Å². The molecule has 262 valence electrons. The Morgan fingerprint density at radius 2 is 0.940 bits per heavy atom. The zero-order valence-corrected chi connectivity index (χ0v) is 26.3. The monoisotopic (exact) mass is 691 g/mol. The summed E-state index contributed by atoms with van der Waals surface area (Å²) < 4.78 is 16.6. The number of carbonyl (C=O) groups is 4. The van der Waals surface area contributed by atoms with Crippen molar-refractivity contribution in [2.75, 3.05) is 7.05 Å². The first-order chi connectivity index (χ1) is 23.7. The lowest BCUT2D eigenvalue weighted by Crippen LogP contribution is -2.61. The Morgan fingerprint density at radius 1 is 0.600 bits per heavy atom. The number of hydrogen-bond donors (Lipinski definition) is 8. The number of likely N-dealkylation sites (N-methyl/N-ethyl adjacent to an activating group) is 1. The third kappa shape index (κ3) is 9.32. The molecule has 0 aliphatic heterocycles. The Bertz CT molecular complexity index is 1780. The highest BCUT2D eigenvalue weighted by molar-refractivity contribution is 5.90. The van der Waals surface area contributed by atoms with Crippen molar-refractivity contribution in [2.45, 2.75) is 36.8 Å². The molecule has 0 saturated heterocycles. The van der Waals surface area contributed by atoms with Crippen LogP contribution in [0.1, 0.15) is 29.5 Å². The van der Waals surface area contributed by atoms with Crippen molar-refractivity contribution in [3.05, 3.63) is 89.5 Å². The van der Waals surface area contributed by atoms with Crippen LogP contribution in [0.5, 0.6) is 34.5 Å². The van der Waals surface area contributed by atoms with Crippen LogP contribution in [0.2, 0.25) is 0 Å². The summed E-state index contributed by atoms with van der Waals surface area (Å²) in [4.78, 5) is 51.8. The molecule has 0 bridgehead atoms. The van der Waals surface area contributed by atoms with Gasteiger partial charge in [-0.1, -0.05) is 18.2 Å². The van der Waals surface area contributed by atoms with Gasteiger partial charge < -0.3 is 55.3 Å². The summed E-state index contributed by atoms with van der Waals surface area (Å²) in [5.41, 5.74) is -1.42. The van der Waals surface area contributed by atoms with Gasteiger partial charge in [0, 0.05) is 38.1 Å². The second-order valence-electron chi connectivity index (χ2n) is 11.1. The molecule has 1 saturated carbocycles. The topological polar surface area (TPSA) is 250 Å². The molecule has 3 aromatic rings. The van der Waals surface area contributed by atoms with Crippen molar-refractivity contribution in [1.82, 2.24) is 5.32 Å². The molecule has 0 spiro atoms. The number of nitrogens with one attached hydrogen (secondary N) is 1. The third-order valence-corrected chi connectivity index (χ3v) is 7.48. The average Bonchev–Trinajstić information content (AvgIpc) is 3.07. The first kappa shape index (κ1) is 36.4. The van der Waals surface area contributed by atoms with Crippen molar-refractivity contribution in [2.24, 2.45) is 0 Å². The number of phenols is 6. The molecule has 0 unspecified atom stereocenters. The van der Waals surface area contributed by atoms with E-state index >= 15 is 0 Å². The van der Waals surface area contributed by atoms with Crippen LogP contribution >= 0.6 is 0 Å². The Hall–Kier alpha value is -6.48. The predicted octanol–water partition coefficient (Wildman–Crippen LogP) is 2.37. The SMILES string of the molecule is CNC(=O)C1(O)C[C@@H](OC(=O)/C=C/c2ccc(O)c(O)c2)C(OC(=O)/C=C/c2ccc(O)c(O)c2)[C@H](OC(=O)/C=C/c2ccc(O)c(O)c2)C1. The van der Waals surface area contributed by atoms with Crippen LogP contribution in [0.15, 0.2) is 72.8 Å². The molecule has 3 aromatic carbocycles. The first-order valence-electron chi connectivity index (χ1n) is 14.8. The van der Waals surface area contributed by atoms with E-state index < -0.39 is 95.1 Å². The lowest BCUT2D eigenvalue weighted by molar-refractivity contribution is -0.205. The van der Waals surface area contributed by atoms with Crippen LogP contribution in [0.3, 0.4) is 0 Å². The maximum Gasteiger partial charge on any atom is 0.331 e. The lowest BCUT2D eigenvalue weighted by Gasteiger charge is -2.42.